The van der Waals surface area contributed by atoms with Gasteiger partial charge in [-0.3, -0.25) is 0 Å². The summed E-state index contributed by atoms with van der Waals surface area (Å²) in [5, 5.41) is 12.0. The maximum atomic E-state index is 8.95. The Kier molecular flexibility index (Phi) is 7.26. The van der Waals surface area contributed by atoms with Crippen molar-refractivity contribution >= 4 is 0 Å². The molecular weight excluding hydrogens is 162 g/mol. The van der Waals surface area contributed by atoms with Crippen molar-refractivity contribution in [1.29, 1.82) is 0 Å². The zero-order chi connectivity index (χ0) is 10.1. The van der Waals surface area contributed by atoms with E-state index in [1.165, 1.54) is 0 Å². The van der Waals surface area contributed by atoms with Gasteiger partial charge in [0.15, 0.2) is 0 Å². The zero-order valence-electron chi connectivity index (χ0n) is 8.46. The summed E-state index contributed by atoms with van der Waals surface area (Å²) >= 11 is 0. The number of rotatable bonds is 6. The van der Waals surface area contributed by atoms with E-state index in [-0.39, 0.29) is 12.6 Å². The van der Waals surface area contributed by atoms with E-state index in [0.29, 0.717) is 0 Å². The van der Waals surface area contributed by atoms with Crippen LogP contribution in [0.2, 0.25) is 0 Å². The van der Waals surface area contributed by atoms with Crippen LogP contribution in [-0.4, -0.2) is 24.8 Å². The fourth-order valence-corrected chi connectivity index (χ4v) is 0.982. The van der Waals surface area contributed by atoms with E-state index >= 15 is 0 Å². The maximum Gasteiger partial charge on any atom is 0.0587 e. The van der Waals surface area contributed by atoms with Crippen molar-refractivity contribution in [1.82, 2.24) is 5.32 Å². The second kappa shape index (κ2) is 7.77. The summed E-state index contributed by atoms with van der Waals surface area (Å²) in [6.45, 7) is 5.85. The van der Waals surface area contributed by atoms with Gasteiger partial charge < -0.3 is 10.4 Å². The van der Waals surface area contributed by atoms with E-state index in [9.17, 15) is 0 Å². The third-order valence-electron chi connectivity index (χ3n) is 1.88. The molecule has 1 unspecified atom stereocenters. The highest BCUT2D eigenvalue weighted by atomic mass is 16.3. The van der Waals surface area contributed by atoms with Gasteiger partial charge in [0.25, 0.3) is 0 Å². The van der Waals surface area contributed by atoms with Crippen molar-refractivity contribution < 1.29 is 5.11 Å². The number of aliphatic hydroxyl groups excluding tert-OH is 1. The zero-order valence-corrected chi connectivity index (χ0v) is 8.46. The van der Waals surface area contributed by atoms with Crippen molar-refractivity contribution in [3.63, 3.8) is 0 Å². The average molecular weight is 181 g/mol. The molecule has 0 spiro atoms. The highest BCUT2D eigenvalue weighted by Gasteiger charge is 2.04. The highest BCUT2D eigenvalue weighted by molar-refractivity contribution is 5.22. The molecule has 2 nitrogen and oxygen atoms in total. The van der Waals surface area contributed by atoms with Gasteiger partial charge in [-0.05, 0) is 26.0 Å². The Morgan fingerprint density at radius 2 is 2.31 bits per heavy atom. The predicted molar refractivity (Wildman–Crippen MR) is 57.6 cm³/mol. The third kappa shape index (κ3) is 5.39. The number of allylic oxidation sites excluding steroid dienone is 4. The topological polar surface area (TPSA) is 32.3 Å². The van der Waals surface area contributed by atoms with Crippen molar-refractivity contribution in [2.45, 2.75) is 19.4 Å². The quantitative estimate of drug-likeness (QED) is 0.611. The summed E-state index contributed by atoms with van der Waals surface area (Å²) in [6, 6.07) is 0.120. The van der Waals surface area contributed by atoms with Crippen molar-refractivity contribution in [2.75, 3.05) is 13.7 Å². The molecule has 13 heavy (non-hydrogen) atoms. The van der Waals surface area contributed by atoms with Gasteiger partial charge in [-0.15, -0.1) is 0 Å². The average Bonchev–Trinajstić information content (AvgIpc) is 2.19. The molecule has 2 heteroatoms. The lowest BCUT2D eigenvalue weighted by molar-refractivity contribution is 0.248. The number of hydrogen-bond acceptors (Lipinski definition) is 2. The summed E-state index contributed by atoms with van der Waals surface area (Å²) in [4.78, 5) is 0. The minimum absolute atomic E-state index is 0.120. The Morgan fingerprint density at radius 3 is 2.69 bits per heavy atom. The van der Waals surface area contributed by atoms with Gasteiger partial charge in [0.2, 0.25) is 0 Å². The summed E-state index contributed by atoms with van der Waals surface area (Å²) in [5.41, 5.74) is 1.13. The van der Waals surface area contributed by atoms with Crippen LogP contribution in [0.15, 0.2) is 36.5 Å². The molecule has 2 N–H and O–H groups in total. The van der Waals surface area contributed by atoms with Crippen molar-refractivity contribution in [2.24, 2.45) is 0 Å². The highest BCUT2D eigenvalue weighted by Crippen LogP contribution is 2.06. The molecule has 74 valence electrons. The number of hydrogen-bond donors (Lipinski definition) is 2. The standard InChI is InChI=1S/C11H19NO/c1-4-6-7-10(5-2)8-11(9-13)12-3/h4-7,11-13H,2,8-9H2,1,3H3/b6-4-,10-7+. The third-order valence-corrected chi connectivity index (χ3v) is 1.88. The SMILES string of the molecule is C=C/C(=C\C=C/C)CC(CO)NC. The second-order valence-electron chi connectivity index (χ2n) is 2.84. The van der Waals surface area contributed by atoms with Crippen LogP contribution >= 0.6 is 0 Å². The van der Waals surface area contributed by atoms with Gasteiger partial charge in [-0.1, -0.05) is 30.9 Å². The van der Waals surface area contributed by atoms with Gasteiger partial charge in [-0.2, -0.15) is 0 Å². The maximum absolute atomic E-state index is 8.95. The van der Waals surface area contributed by atoms with Gasteiger partial charge in [0, 0.05) is 6.04 Å². The normalized spacial score (nSPS) is 14.8. The van der Waals surface area contributed by atoms with Gasteiger partial charge in [-0.25, -0.2) is 0 Å². The Morgan fingerprint density at radius 1 is 1.62 bits per heavy atom. The molecule has 0 saturated carbocycles. The molecule has 0 saturated heterocycles. The number of nitrogens with one attached hydrogen (secondary N) is 1. The van der Waals surface area contributed by atoms with Crippen LogP contribution < -0.4 is 5.32 Å². The molecule has 0 aliphatic carbocycles. The van der Waals surface area contributed by atoms with E-state index in [0.717, 1.165) is 12.0 Å². The van der Waals surface area contributed by atoms with E-state index in [4.69, 9.17) is 5.11 Å². The molecule has 1 atom stereocenters. The molecule has 0 fully saturated rings. The Labute approximate surface area is 80.7 Å². The molecule has 0 aromatic carbocycles. The fourth-order valence-electron chi connectivity index (χ4n) is 0.982. The largest absolute Gasteiger partial charge is 0.395 e. The first-order valence-corrected chi connectivity index (χ1v) is 4.50. The minimum atomic E-state index is 0.120. The summed E-state index contributed by atoms with van der Waals surface area (Å²) in [7, 11) is 1.84. The molecule has 0 aromatic rings. The fraction of sp³-hybridized carbons (Fsp3) is 0.455. The van der Waals surface area contributed by atoms with Crippen molar-refractivity contribution in [3.8, 4) is 0 Å². The predicted octanol–water partition coefficient (Wildman–Crippen LogP) is 1.65. The summed E-state index contributed by atoms with van der Waals surface area (Å²) in [5.74, 6) is 0. The summed E-state index contributed by atoms with van der Waals surface area (Å²) in [6.07, 6.45) is 8.58. The first kappa shape index (κ1) is 12.1. The molecule has 0 aliphatic heterocycles. The van der Waals surface area contributed by atoms with Crippen LogP contribution in [0.25, 0.3) is 0 Å². The first-order chi connectivity index (χ1) is 6.28. The lowest BCUT2D eigenvalue weighted by atomic mass is 10.1. The van der Waals surface area contributed by atoms with Gasteiger partial charge in [0.1, 0.15) is 0 Å². The van der Waals surface area contributed by atoms with E-state index in [1.807, 2.05) is 38.3 Å². The molecule has 0 aromatic heterocycles. The molecular formula is C11H19NO. The Bertz CT molecular complexity index is 190. The molecule has 0 amide bonds. The monoisotopic (exact) mass is 181 g/mol. The van der Waals surface area contributed by atoms with Crippen LogP contribution in [-0.2, 0) is 0 Å². The van der Waals surface area contributed by atoms with Crippen LogP contribution in [0.5, 0.6) is 0 Å². The Hall–Kier alpha value is -0.860. The lowest BCUT2D eigenvalue weighted by Gasteiger charge is -2.12. The van der Waals surface area contributed by atoms with Gasteiger partial charge in [0.05, 0.1) is 6.61 Å². The van der Waals surface area contributed by atoms with E-state index in [2.05, 4.69) is 11.9 Å². The molecule has 0 aliphatic rings. The number of likely N-dealkylation sites (N-methyl/N-ethyl adjacent to an activating group) is 1. The van der Waals surface area contributed by atoms with Gasteiger partial charge >= 0.3 is 0 Å². The summed E-state index contributed by atoms with van der Waals surface area (Å²) < 4.78 is 0. The van der Waals surface area contributed by atoms with Crippen LogP contribution in [0.3, 0.4) is 0 Å². The van der Waals surface area contributed by atoms with Crippen LogP contribution in [0.1, 0.15) is 13.3 Å². The minimum Gasteiger partial charge on any atom is -0.395 e. The van der Waals surface area contributed by atoms with Crippen LogP contribution in [0, 0.1) is 0 Å². The van der Waals surface area contributed by atoms with E-state index < -0.39 is 0 Å². The first-order valence-electron chi connectivity index (χ1n) is 4.50. The lowest BCUT2D eigenvalue weighted by Crippen LogP contribution is -2.29. The molecule has 0 heterocycles. The van der Waals surface area contributed by atoms with Crippen LogP contribution in [0.4, 0.5) is 0 Å². The van der Waals surface area contributed by atoms with Crippen molar-refractivity contribution in [3.05, 3.63) is 36.5 Å². The molecule has 0 radical (unpaired) electrons. The number of aliphatic hydroxyl groups is 1. The Balaban J connectivity index is 4.17. The molecule has 0 rings (SSSR count). The second-order valence-corrected chi connectivity index (χ2v) is 2.84. The molecule has 0 bridgehead atoms. The smallest absolute Gasteiger partial charge is 0.0587 e. The van der Waals surface area contributed by atoms with E-state index in [1.54, 1.807) is 0 Å².